The Bertz CT molecular complexity index is 3050. The van der Waals surface area contributed by atoms with Crippen molar-refractivity contribution in [3.8, 4) is 27.9 Å². The summed E-state index contributed by atoms with van der Waals surface area (Å²) >= 11 is 0. The van der Waals surface area contributed by atoms with Gasteiger partial charge < -0.3 is 13.4 Å². The summed E-state index contributed by atoms with van der Waals surface area (Å²) in [5.74, 6) is 0. The van der Waals surface area contributed by atoms with E-state index in [2.05, 4.69) is 144 Å². The molecule has 49 heavy (non-hydrogen) atoms. The third kappa shape index (κ3) is 3.67. The van der Waals surface area contributed by atoms with Crippen LogP contribution in [0.15, 0.2) is 173 Å². The van der Waals surface area contributed by atoms with Gasteiger partial charge in [0.2, 0.25) is 0 Å². The number of furan rings is 2. The Kier molecular flexibility index (Phi) is 5.38. The van der Waals surface area contributed by atoms with Crippen molar-refractivity contribution in [2.45, 2.75) is 0 Å². The first-order valence-corrected chi connectivity index (χ1v) is 16.7. The maximum absolute atomic E-state index is 6.48. The Morgan fingerprint density at radius 3 is 1.78 bits per heavy atom. The minimum absolute atomic E-state index is 0.863. The molecule has 228 valence electrons. The molecule has 0 aliphatic heterocycles. The minimum Gasteiger partial charge on any atom is -0.464 e. The standard InChI is InChI=1S/C46H27NO2/c1-2-12-30(13-3-1)47-38-20-10-8-14-31(38)32-23-22-28(26-39(32)47)42-33-15-4-6-17-35(33)43(36-18-7-5-16-34(36)42)45-44-37-19-9-11-21-40(37)49-41(44)27-29-24-25-48-46(29)45/h1-27H. The second kappa shape index (κ2) is 9.96. The lowest BCUT2D eigenvalue weighted by molar-refractivity contribution is 0.617. The van der Waals surface area contributed by atoms with Crippen molar-refractivity contribution >= 4 is 76.3 Å². The molecule has 0 atom stereocenters. The Balaban J connectivity index is 1.29. The highest BCUT2D eigenvalue weighted by Crippen LogP contribution is 2.50. The number of hydrogen-bond acceptors (Lipinski definition) is 2. The van der Waals surface area contributed by atoms with Crippen molar-refractivity contribution in [2.75, 3.05) is 0 Å². The molecular formula is C46H27NO2. The van der Waals surface area contributed by atoms with Gasteiger partial charge in [0.05, 0.1) is 17.3 Å². The van der Waals surface area contributed by atoms with Crippen LogP contribution < -0.4 is 0 Å². The van der Waals surface area contributed by atoms with Crippen molar-refractivity contribution < 1.29 is 8.83 Å². The predicted octanol–water partition coefficient (Wildman–Crippen LogP) is 13.1. The fourth-order valence-electron chi connectivity index (χ4n) is 8.24. The van der Waals surface area contributed by atoms with Gasteiger partial charge in [-0.2, -0.15) is 0 Å². The number of para-hydroxylation sites is 3. The Morgan fingerprint density at radius 2 is 1.02 bits per heavy atom. The number of rotatable bonds is 3. The third-order valence-electron chi connectivity index (χ3n) is 10.2. The minimum atomic E-state index is 0.863. The summed E-state index contributed by atoms with van der Waals surface area (Å²) < 4.78 is 15.2. The van der Waals surface area contributed by atoms with Gasteiger partial charge in [0.1, 0.15) is 16.7 Å². The van der Waals surface area contributed by atoms with E-state index in [1.807, 2.05) is 18.2 Å². The zero-order valence-corrected chi connectivity index (χ0v) is 26.4. The number of benzene rings is 8. The van der Waals surface area contributed by atoms with E-state index in [0.29, 0.717) is 0 Å². The Morgan fingerprint density at radius 1 is 0.408 bits per heavy atom. The summed E-state index contributed by atoms with van der Waals surface area (Å²) in [4.78, 5) is 0. The average molecular weight is 626 g/mol. The largest absolute Gasteiger partial charge is 0.464 e. The van der Waals surface area contributed by atoms with Crippen LogP contribution in [0.3, 0.4) is 0 Å². The SMILES string of the molecule is c1ccc(-n2c3ccccc3c3ccc(-c4c5ccccc5c(-c5c6occc6cc6oc7ccccc7c56)c5ccccc45)cc32)cc1. The van der Waals surface area contributed by atoms with Gasteiger partial charge in [-0.15, -0.1) is 0 Å². The molecule has 0 radical (unpaired) electrons. The second-order valence-corrected chi connectivity index (χ2v) is 12.8. The molecule has 11 aromatic rings. The molecular weight excluding hydrogens is 599 g/mol. The molecule has 0 amide bonds. The predicted molar refractivity (Wildman–Crippen MR) is 204 cm³/mol. The molecule has 0 fully saturated rings. The lowest BCUT2D eigenvalue weighted by atomic mass is 9.84. The van der Waals surface area contributed by atoms with Crippen LogP contribution in [0.5, 0.6) is 0 Å². The van der Waals surface area contributed by atoms with E-state index >= 15 is 0 Å². The highest BCUT2D eigenvalue weighted by atomic mass is 16.3. The second-order valence-electron chi connectivity index (χ2n) is 12.8. The first-order valence-electron chi connectivity index (χ1n) is 16.7. The molecule has 3 aromatic heterocycles. The molecule has 0 aliphatic carbocycles. The van der Waals surface area contributed by atoms with Crippen LogP contribution in [0.1, 0.15) is 0 Å². The van der Waals surface area contributed by atoms with E-state index < -0.39 is 0 Å². The van der Waals surface area contributed by atoms with Crippen molar-refractivity contribution in [2.24, 2.45) is 0 Å². The molecule has 0 aliphatic rings. The highest BCUT2D eigenvalue weighted by Gasteiger charge is 2.24. The first-order chi connectivity index (χ1) is 24.3. The first kappa shape index (κ1) is 26.5. The molecule has 0 unspecified atom stereocenters. The van der Waals surface area contributed by atoms with Crippen LogP contribution in [0.4, 0.5) is 0 Å². The van der Waals surface area contributed by atoms with Crippen LogP contribution in [-0.2, 0) is 0 Å². The molecule has 0 N–H and O–H groups in total. The lowest BCUT2D eigenvalue weighted by Gasteiger charge is -2.19. The molecule has 0 saturated carbocycles. The third-order valence-corrected chi connectivity index (χ3v) is 10.2. The van der Waals surface area contributed by atoms with Crippen LogP contribution >= 0.6 is 0 Å². The number of aromatic nitrogens is 1. The van der Waals surface area contributed by atoms with E-state index in [1.165, 1.54) is 54.5 Å². The van der Waals surface area contributed by atoms with E-state index in [-0.39, 0.29) is 0 Å². The summed E-state index contributed by atoms with van der Waals surface area (Å²) in [5, 5.41) is 10.4. The van der Waals surface area contributed by atoms with Gasteiger partial charge in [0.25, 0.3) is 0 Å². The monoisotopic (exact) mass is 625 g/mol. The van der Waals surface area contributed by atoms with Crippen molar-refractivity contribution in [1.29, 1.82) is 0 Å². The molecule has 3 nitrogen and oxygen atoms in total. The van der Waals surface area contributed by atoms with Gasteiger partial charge in [0, 0.05) is 43.7 Å². The highest BCUT2D eigenvalue weighted by molar-refractivity contribution is 6.29. The van der Waals surface area contributed by atoms with E-state index in [1.54, 1.807) is 6.26 Å². The zero-order chi connectivity index (χ0) is 32.1. The van der Waals surface area contributed by atoms with E-state index in [9.17, 15) is 0 Å². The number of nitrogens with zero attached hydrogens (tertiary/aromatic N) is 1. The van der Waals surface area contributed by atoms with Crippen molar-refractivity contribution in [3.05, 3.63) is 164 Å². The summed E-state index contributed by atoms with van der Waals surface area (Å²) in [6.07, 6.45) is 1.79. The molecule has 8 aromatic carbocycles. The summed E-state index contributed by atoms with van der Waals surface area (Å²) in [7, 11) is 0. The Labute approximate surface area is 280 Å². The van der Waals surface area contributed by atoms with Crippen LogP contribution in [0.2, 0.25) is 0 Å². The van der Waals surface area contributed by atoms with Gasteiger partial charge in [-0.05, 0) is 75.1 Å². The van der Waals surface area contributed by atoms with Crippen molar-refractivity contribution in [3.63, 3.8) is 0 Å². The maximum Gasteiger partial charge on any atom is 0.142 e. The fourth-order valence-corrected chi connectivity index (χ4v) is 8.24. The summed E-state index contributed by atoms with van der Waals surface area (Å²) in [6.45, 7) is 0. The quantitative estimate of drug-likeness (QED) is 0.183. The Hall–Kier alpha value is -6.58. The lowest BCUT2D eigenvalue weighted by Crippen LogP contribution is -1.94. The van der Waals surface area contributed by atoms with Crippen LogP contribution in [0, 0.1) is 0 Å². The van der Waals surface area contributed by atoms with E-state index in [4.69, 9.17) is 8.83 Å². The van der Waals surface area contributed by atoms with Gasteiger partial charge >= 0.3 is 0 Å². The van der Waals surface area contributed by atoms with Gasteiger partial charge in [-0.1, -0.05) is 115 Å². The fraction of sp³-hybridized carbons (Fsp3) is 0. The van der Waals surface area contributed by atoms with E-state index in [0.717, 1.165) is 49.7 Å². The zero-order valence-electron chi connectivity index (χ0n) is 26.4. The molecule has 11 rings (SSSR count). The smallest absolute Gasteiger partial charge is 0.142 e. The number of hydrogen-bond donors (Lipinski definition) is 0. The molecule has 0 saturated heterocycles. The summed E-state index contributed by atoms with van der Waals surface area (Å²) in [6, 6.07) is 56.5. The summed E-state index contributed by atoms with van der Waals surface area (Å²) in [5.41, 5.74) is 10.8. The molecule has 0 spiro atoms. The molecule has 3 heterocycles. The van der Waals surface area contributed by atoms with Crippen LogP contribution in [-0.4, -0.2) is 4.57 Å². The average Bonchev–Trinajstić information content (AvgIpc) is 3.87. The topological polar surface area (TPSA) is 31.2 Å². The van der Waals surface area contributed by atoms with Crippen molar-refractivity contribution in [1.82, 2.24) is 4.57 Å². The molecule has 0 bridgehead atoms. The van der Waals surface area contributed by atoms with Gasteiger partial charge in [0.15, 0.2) is 0 Å². The number of fused-ring (bicyclic) bond motifs is 9. The normalized spacial score (nSPS) is 12.1. The maximum atomic E-state index is 6.48. The van der Waals surface area contributed by atoms with Gasteiger partial charge in [-0.25, -0.2) is 0 Å². The van der Waals surface area contributed by atoms with Crippen LogP contribution in [0.25, 0.3) is 104 Å². The van der Waals surface area contributed by atoms with Gasteiger partial charge in [-0.3, -0.25) is 0 Å². The molecule has 3 heteroatoms.